The van der Waals surface area contributed by atoms with Gasteiger partial charge < -0.3 is 19.9 Å². The summed E-state index contributed by atoms with van der Waals surface area (Å²) in [4.78, 5) is 20.3. The van der Waals surface area contributed by atoms with Gasteiger partial charge in [0, 0.05) is 46.7 Å². The summed E-state index contributed by atoms with van der Waals surface area (Å²) >= 11 is 0. The summed E-state index contributed by atoms with van der Waals surface area (Å²) in [6.45, 7) is 5.65. The molecular weight excluding hydrogens is 376 g/mol. The molecule has 1 aliphatic heterocycles. The summed E-state index contributed by atoms with van der Waals surface area (Å²) in [6.07, 6.45) is 1.65. The molecular formula is C24H32N4O2. The Morgan fingerprint density at radius 1 is 1.17 bits per heavy atom. The second-order valence-corrected chi connectivity index (χ2v) is 7.57. The lowest BCUT2D eigenvalue weighted by Gasteiger charge is -2.22. The Balaban J connectivity index is 1.54. The molecule has 6 nitrogen and oxygen atoms in total. The predicted molar refractivity (Wildman–Crippen MR) is 120 cm³/mol. The van der Waals surface area contributed by atoms with Crippen molar-refractivity contribution in [3.05, 3.63) is 65.2 Å². The van der Waals surface area contributed by atoms with Crippen LogP contribution in [0.25, 0.3) is 0 Å². The number of likely N-dealkylation sites (tertiary alicyclic amines) is 1. The van der Waals surface area contributed by atoms with Crippen molar-refractivity contribution in [2.24, 2.45) is 4.99 Å². The first kappa shape index (κ1) is 21.7. The largest absolute Gasteiger partial charge is 0.494 e. The minimum atomic E-state index is 0.259. The summed E-state index contributed by atoms with van der Waals surface area (Å²) in [5, 5.41) is 3.44. The van der Waals surface area contributed by atoms with Crippen LogP contribution in [0.5, 0.6) is 5.75 Å². The van der Waals surface area contributed by atoms with E-state index in [1.165, 1.54) is 16.7 Å². The summed E-state index contributed by atoms with van der Waals surface area (Å²) in [5.41, 5.74) is 3.54. The number of ether oxygens (including phenoxy) is 1. The van der Waals surface area contributed by atoms with Gasteiger partial charge in [0.1, 0.15) is 5.75 Å². The second-order valence-electron chi connectivity index (χ2n) is 7.57. The Kier molecular flexibility index (Phi) is 7.71. The number of amides is 1. The maximum absolute atomic E-state index is 11.9. The monoisotopic (exact) mass is 408 g/mol. The van der Waals surface area contributed by atoms with Gasteiger partial charge in [0.15, 0.2) is 5.96 Å². The van der Waals surface area contributed by atoms with E-state index in [-0.39, 0.29) is 5.91 Å². The first-order chi connectivity index (χ1) is 14.6. The highest BCUT2D eigenvalue weighted by Crippen LogP contribution is 2.16. The lowest BCUT2D eigenvalue weighted by molar-refractivity contribution is -0.128. The fourth-order valence-electron chi connectivity index (χ4n) is 3.70. The average Bonchev–Trinajstić information content (AvgIpc) is 3.15. The Bertz CT molecular complexity index is 864. The lowest BCUT2D eigenvalue weighted by Crippen LogP contribution is -2.38. The molecule has 0 spiro atoms. The van der Waals surface area contributed by atoms with Crippen LogP contribution in [0.3, 0.4) is 0 Å². The van der Waals surface area contributed by atoms with Gasteiger partial charge in [-0.3, -0.25) is 9.79 Å². The highest BCUT2D eigenvalue weighted by Gasteiger charge is 2.19. The van der Waals surface area contributed by atoms with Gasteiger partial charge in [0.25, 0.3) is 0 Å². The fraction of sp³-hybridized carbons (Fsp3) is 0.417. The fourth-order valence-corrected chi connectivity index (χ4v) is 3.70. The molecule has 1 heterocycles. The number of nitrogens with zero attached hydrogens (tertiary/aromatic N) is 3. The smallest absolute Gasteiger partial charge is 0.222 e. The van der Waals surface area contributed by atoms with Crippen molar-refractivity contribution in [2.45, 2.75) is 39.4 Å². The molecule has 0 radical (unpaired) electrons. The summed E-state index contributed by atoms with van der Waals surface area (Å²) < 4.78 is 5.51. The molecule has 0 aliphatic carbocycles. The second kappa shape index (κ2) is 10.7. The van der Waals surface area contributed by atoms with Crippen LogP contribution in [0, 0.1) is 0 Å². The maximum atomic E-state index is 11.9. The molecule has 1 fully saturated rings. The number of guanidine groups is 1. The Labute approximate surface area is 179 Å². The molecule has 2 aromatic carbocycles. The number of hydrogen-bond acceptors (Lipinski definition) is 3. The van der Waals surface area contributed by atoms with Crippen LogP contribution in [0.2, 0.25) is 0 Å². The van der Waals surface area contributed by atoms with Crippen molar-refractivity contribution in [1.29, 1.82) is 0 Å². The number of carbonyl (C=O) groups excluding carboxylic acids is 1. The van der Waals surface area contributed by atoms with E-state index >= 15 is 0 Å². The number of rotatable bonds is 8. The molecule has 1 aliphatic rings. The van der Waals surface area contributed by atoms with Gasteiger partial charge in [-0.2, -0.15) is 0 Å². The van der Waals surface area contributed by atoms with Crippen LogP contribution in [0.4, 0.5) is 0 Å². The molecule has 30 heavy (non-hydrogen) atoms. The van der Waals surface area contributed by atoms with Gasteiger partial charge in [-0.15, -0.1) is 0 Å². The molecule has 0 unspecified atom stereocenters. The van der Waals surface area contributed by atoms with E-state index < -0.39 is 0 Å². The first-order valence-electron chi connectivity index (χ1n) is 10.6. The van der Waals surface area contributed by atoms with Crippen LogP contribution in [0.1, 0.15) is 36.5 Å². The van der Waals surface area contributed by atoms with E-state index in [1.54, 1.807) is 7.05 Å². The molecule has 1 N–H and O–H groups in total. The van der Waals surface area contributed by atoms with E-state index in [4.69, 9.17) is 4.74 Å². The standard InChI is InChI=1S/C24H32N4O2/c1-4-30-22-12-10-19(11-13-22)17-27(3)24(25-2)26-16-20-7-5-8-21(15-20)18-28-14-6-9-23(28)29/h5,7-8,10-13,15H,4,6,9,14,16-18H2,1-3H3,(H,25,26). The summed E-state index contributed by atoms with van der Waals surface area (Å²) in [6, 6.07) is 16.6. The van der Waals surface area contributed by atoms with Crippen molar-refractivity contribution >= 4 is 11.9 Å². The first-order valence-corrected chi connectivity index (χ1v) is 10.6. The molecule has 3 rings (SSSR count). The maximum Gasteiger partial charge on any atom is 0.222 e. The lowest BCUT2D eigenvalue weighted by atomic mass is 10.1. The van der Waals surface area contributed by atoms with Crippen LogP contribution >= 0.6 is 0 Å². The number of hydrogen-bond donors (Lipinski definition) is 1. The Morgan fingerprint density at radius 2 is 1.93 bits per heavy atom. The highest BCUT2D eigenvalue weighted by molar-refractivity contribution is 5.79. The molecule has 1 saturated heterocycles. The zero-order valence-electron chi connectivity index (χ0n) is 18.2. The highest BCUT2D eigenvalue weighted by atomic mass is 16.5. The van der Waals surface area contributed by atoms with E-state index in [0.29, 0.717) is 26.1 Å². The molecule has 0 aromatic heterocycles. The van der Waals surface area contributed by atoms with E-state index in [9.17, 15) is 4.79 Å². The topological polar surface area (TPSA) is 57.2 Å². The third-order valence-corrected chi connectivity index (χ3v) is 5.21. The van der Waals surface area contributed by atoms with Gasteiger partial charge >= 0.3 is 0 Å². The molecule has 6 heteroatoms. The van der Waals surface area contributed by atoms with E-state index in [1.807, 2.05) is 31.0 Å². The number of benzene rings is 2. The van der Waals surface area contributed by atoms with Crippen molar-refractivity contribution in [3.8, 4) is 5.75 Å². The number of aliphatic imine (C=N–C) groups is 1. The predicted octanol–water partition coefficient (Wildman–Crippen LogP) is 3.42. The van der Waals surface area contributed by atoms with Crippen LogP contribution in [-0.2, 0) is 24.4 Å². The molecule has 160 valence electrons. The molecule has 0 atom stereocenters. The third kappa shape index (κ3) is 5.99. The van der Waals surface area contributed by atoms with E-state index in [0.717, 1.165) is 31.2 Å². The van der Waals surface area contributed by atoms with Gasteiger partial charge in [-0.1, -0.05) is 36.4 Å². The molecule has 0 saturated carbocycles. The zero-order valence-corrected chi connectivity index (χ0v) is 18.2. The number of nitrogens with one attached hydrogen (secondary N) is 1. The Morgan fingerprint density at radius 3 is 2.60 bits per heavy atom. The van der Waals surface area contributed by atoms with Crippen molar-refractivity contribution in [3.63, 3.8) is 0 Å². The molecule has 0 bridgehead atoms. The SMILES string of the molecule is CCOc1ccc(CN(C)C(=NC)NCc2cccc(CN3CCCC3=O)c2)cc1. The summed E-state index contributed by atoms with van der Waals surface area (Å²) in [5.74, 6) is 1.99. The van der Waals surface area contributed by atoms with Crippen LogP contribution in [0.15, 0.2) is 53.5 Å². The zero-order chi connectivity index (χ0) is 21.3. The quantitative estimate of drug-likeness (QED) is 0.537. The average molecular weight is 409 g/mol. The minimum absolute atomic E-state index is 0.259. The van der Waals surface area contributed by atoms with Crippen molar-refractivity contribution in [2.75, 3.05) is 27.2 Å². The third-order valence-electron chi connectivity index (χ3n) is 5.21. The van der Waals surface area contributed by atoms with Crippen LogP contribution in [-0.4, -0.2) is 48.9 Å². The Hall–Kier alpha value is -3.02. The van der Waals surface area contributed by atoms with Gasteiger partial charge in [0.05, 0.1) is 6.61 Å². The van der Waals surface area contributed by atoms with Gasteiger partial charge in [-0.05, 0) is 42.2 Å². The minimum Gasteiger partial charge on any atom is -0.494 e. The molecule has 2 aromatic rings. The summed E-state index contributed by atoms with van der Waals surface area (Å²) in [7, 11) is 3.83. The number of carbonyl (C=O) groups is 1. The normalized spacial score (nSPS) is 14.2. The van der Waals surface area contributed by atoms with E-state index in [2.05, 4.69) is 51.6 Å². The van der Waals surface area contributed by atoms with Gasteiger partial charge in [-0.25, -0.2) is 0 Å². The van der Waals surface area contributed by atoms with Crippen molar-refractivity contribution < 1.29 is 9.53 Å². The molecule has 1 amide bonds. The van der Waals surface area contributed by atoms with Crippen LogP contribution < -0.4 is 10.1 Å². The van der Waals surface area contributed by atoms with Crippen molar-refractivity contribution in [1.82, 2.24) is 15.1 Å². The van der Waals surface area contributed by atoms with Gasteiger partial charge in [0.2, 0.25) is 5.91 Å².